The second kappa shape index (κ2) is 34.8. The van der Waals surface area contributed by atoms with Crippen molar-refractivity contribution in [2.75, 3.05) is 119 Å². The lowest BCUT2D eigenvalue weighted by Crippen LogP contribution is -2.20. The number of ketones is 1. The van der Waals surface area contributed by atoms with Crippen molar-refractivity contribution in [1.82, 2.24) is 0 Å². The summed E-state index contributed by atoms with van der Waals surface area (Å²) in [5.74, 6) is -0.689. The van der Waals surface area contributed by atoms with Crippen molar-refractivity contribution in [3.63, 3.8) is 0 Å². The minimum Gasteiger partial charge on any atom is -0.491 e. The largest absolute Gasteiger partial charge is 0.491 e. The number of esters is 1. The van der Waals surface area contributed by atoms with Crippen LogP contribution in [0.3, 0.4) is 0 Å². The van der Waals surface area contributed by atoms with E-state index in [1.54, 1.807) is 30.3 Å². The molecule has 0 unspecified atom stereocenters. The van der Waals surface area contributed by atoms with Crippen LogP contribution in [0.2, 0.25) is 0 Å². The highest BCUT2D eigenvalue weighted by atomic mass is 16.6. The van der Waals surface area contributed by atoms with Gasteiger partial charge in [-0.25, -0.2) is 4.79 Å². The van der Waals surface area contributed by atoms with Crippen LogP contribution in [0.25, 0.3) is 0 Å². The standard InChI is InChI=1S/C41H64O12/c1-2-3-4-5-6-7-9-12-37-15-17-39(18-16-37)52-35-33-50-31-29-48-27-25-46-23-21-44-19-20-45-22-24-47-26-28-49-30-32-51-34-36-53-41(43)40(42)38-13-10-8-11-14-38/h8,10-11,13-18H,2-7,9,12,19-36H2,1H3. The Morgan fingerprint density at radius 3 is 1.28 bits per heavy atom. The zero-order valence-electron chi connectivity index (χ0n) is 32.0. The van der Waals surface area contributed by atoms with Crippen LogP contribution in [-0.4, -0.2) is 131 Å². The fraction of sp³-hybridized carbons (Fsp3) is 0.659. The Morgan fingerprint density at radius 2 is 0.830 bits per heavy atom. The number of benzene rings is 2. The van der Waals surface area contributed by atoms with E-state index in [4.69, 9.17) is 47.4 Å². The number of hydrogen-bond donors (Lipinski definition) is 0. The van der Waals surface area contributed by atoms with Gasteiger partial charge in [0.1, 0.15) is 19.0 Å². The summed E-state index contributed by atoms with van der Waals surface area (Å²) < 4.78 is 54.6. The molecule has 12 nitrogen and oxygen atoms in total. The van der Waals surface area contributed by atoms with Crippen molar-refractivity contribution in [3.05, 3.63) is 65.7 Å². The lowest BCUT2D eigenvalue weighted by molar-refractivity contribution is -0.139. The zero-order chi connectivity index (χ0) is 37.7. The molecule has 0 radical (unpaired) electrons. The van der Waals surface area contributed by atoms with Crippen molar-refractivity contribution in [3.8, 4) is 5.75 Å². The lowest BCUT2D eigenvalue weighted by Gasteiger charge is -2.09. The van der Waals surface area contributed by atoms with E-state index in [1.807, 2.05) is 12.1 Å². The summed E-state index contributed by atoms with van der Waals surface area (Å²) in [5, 5.41) is 0. The van der Waals surface area contributed by atoms with E-state index in [1.165, 1.54) is 50.5 Å². The minimum atomic E-state index is -0.895. The first-order chi connectivity index (χ1) is 26.2. The van der Waals surface area contributed by atoms with Crippen molar-refractivity contribution in [1.29, 1.82) is 0 Å². The molecule has 2 rings (SSSR count). The van der Waals surface area contributed by atoms with Crippen LogP contribution in [0, 0.1) is 0 Å². The van der Waals surface area contributed by atoms with Gasteiger partial charge in [0.05, 0.1) is 106 Å². The Kier molecular flexibility index (Phi) is 30.3. The summed E-state index contributed by atoms with van der Waals surface area (Å²) in [6.07, 6.45) is 10.5. The summed E-state index contributed by atoms with van der Waals surface area (Å²) in [6.45, 7) is 9.98. The molecule has 2 aromatic carbocycles. The lowest BCUT2D eigenvalue weighted by atomic mass is 10.0. The number of Topliss-reactive ketones (excluding diaryl/α,β-unsaturated/α-hetero) is 1. The van der Waals surface area contributed by atoms with Crippen LogP contribution < -0.4 is 4.74 Å². The predicted molar refractivity (Wildman–Crippen MR) is 202 cm³/mol. The Hall–Kier alpha value is -2.94. The summed E-state index contributed by atoms with van der Waals surface area (Å²) >= 11 is 0. The molecular weight excluding hydrogens is 684 g/mol. The minimum absolute atomic E-state index is 0.000520. The molecule has 0 saturated carbocycles. The van der Waals surface area contributed by atoms with Gasteiger partial charge in [0.2, 0.25) is 0 Å². The van der Waals surface area contributed by atoms with Crippen molar-refractivity contribution in [2.45, 2.75) is 58.3 Å². The maximum absolute atomic E-state index is 11.9. The predicted octanol–water partition coefficient (Wildman–Crippen LogP) is 5.92. The number of ether oxygens (including phenoxy) is 10. The van der Waals surface area contributed by atoms with E-state index in [9.17, 15) is 9.59 Å². The summed E-state index contributed by atoms with van der Waals surface area (Å²) in [6, 6.07) is 16.7. The molecular formula is C41H64O12. The smallest absolute Gasteiger partial charge is 0.379 e. The monoisotopic (exact) mass is 748 g/mol. The highest BCUT2D eigenvalue weighted by Gasteiger charge is 2.17. The molecule has 0 aromatic heterocycles. The maximum atomic E-state index is 11.9. The first kappa shape index (κ1) is 46.2. The van der Waals surface area contributed by atoms with Crippen molar-refractivity contribution < 1.29 is 57.0 Å². The molecule has 300 valence electrons. The van der Waals surface area contributed by atoms with E-state index in [0.717, 1.165) is 12.2 Å². The van der Waals surface area contributed by atoms with Gasteiger partial charge in [-0.2, -0.15) is 0 Å². The van der Waals surface area contributed by atoms with E-state index < -0.39 is 11.8 Å². The number of rotatable bonds is 38. The second-order valence-electron chi connectivity index (χ2n) is 12.1. The fourth-order valence-corrected chi connectivity index (χ4v) is 4.86. The zero-order valence-corrected chi connectivity index (χ0v) is 32.0. The molecule has 53 heavy (non-hydrogen) atoms. The Bertz CT molecular complexity index is 1120. The average molecular weight is 749 g/mol. The van der Waals surface area contributed by atoms with Gasteiger partial charge in [0, 0.05) is 5.56 Å². The molecule has 0 saturated heterocycles. The number of aryl methyl sites for hydroxylation is 1. The SMILES string of the molecule is CCCCCCCCCc1ccc(OCCOCCOCCOCCOCCOCCOCCOCCOCCOC(=O)C(=O)c2ccccc2)cc1. The molecule has 0 N–H and O–H groups in total. The van der Waals surface area contributed by atoms with Gasteiger partial charge >= 0.3 is 5.97 Å². The Labute approximate surface area is 317 Å². The quantitative estimate of drug-likeness (QED) is 0.0351. The van der Waals surface area contributed by atoms with Crippen LogP contribution in [0.15, 0.2) is 54.6 Å². The second-order valence-corrected chi connectivity index (χ2v) is 12.1. The summed E-state index contributed by atoms with van der Waals surface area (Å²) in [7, 11) is 0. The molecule has 0 fully saturated rings. The van der Waals surface area contributed by atoms with E-state index in [-0.39, 0.29) is 13.2 Å². The molecule has 0 heterocycles. The van der Waals surface area contributed by atoms with Crippen LogP contribution in [0.4, 0.5) is 0 Å². The van der Waals surface area contributed by atoms with E-state index >= 15 is 0 Å². The van der Waals surface area contributed by atoms with E-state index in [0.29, 0.717) is 111 Å². The highest BCUT2D eigenvalue weighted by Crippen LogP contribution is 2.15. The van der Waals surface area contributed by atoms with Gasteiger partial charge in [-0.05, 0) is 30.5 Å². The first-order valence-electron chi connectivity index (χ1n) is 19.3. The van der Waals surface area contributed by atoms with Crippen LogP contribution in [0.1, 0.15) is 67.8 Å². The summed E-state index contributed by atoms with van der Waals surface area (Å²) in [4.78, 5) is 23.7. The maximum Gasteiger partial charge on any atom is 0.379 e. The van der Waals surface area contributed by atoms with Crippen LogP contribution in [-0.2, 0) is 53.8 Å². The molecule has 12 heteroatoms. The van der Waals surface area contributed by atoms with Gasteiger partial charge < -0.3 is 47.4 Å². The third-order valence-electron chi connectivity index (χ3n) is 7.78. The molecule has 0 aliphatic carbocycles. The third-order valence-corrected chi connectivity index (χ3v) is 7.78. The molecule has 0 spiro atoms. The molecule has 0 bridgehead atoms. The molecule has 0 atom stereocenters. The first-order valence-corrected chi connectivity index (χ1v) is 19.3. The number of unbranched alkanes of at least 4 members (excludes halogenated alkanes) is 6. The van der Waals surface area contributed by atoms with Crippen molar-refractivity contribution >= 4 is 11.8 Å². The Morgan fingerprint density at radius 1 is 0.434 bits per heavy atom. The van der Waals surface area contributed by atoms with Gasteiger partial charge in [-0.15, -0.1) is 0 Å². The van der Waals surface area contributed by atoms with Gasteiger partial charge in [-0.3, -0.25) is 4.79 Å². The number of carbonyl (C=O) groups is 2. The topological polar surface area (TPSA) is 126 Å². The summed E-state index contributed by atoms with van der Waals surface area (Å²) in [5.41, 5.74) is 1.67. The highest BCUT2D eigenvalue weighted by molar-refractivity contribution is 6.40. The molecule has 0 aliphatic heterocycles. The fourth-order valence-electron chi connectivity index (χ4n) is 4.86. The third kappa shape index (κ3) is 27.3. The van der Waals surface area contributed by atoms with Gasteiger partial charge in [-0.1, -0.05) is 87.9 Å². The van der Waals surface area contributed by atoms with Gasteiger partial charge in [0.25, 0.3) is 5.78 Å². The van der Waals surface area contributed by atoms with Crippen LogP contribution >= 0.6 is 0 Å². The normalized spacial score (nSPS) is 11.2. The van der Waals surface area contributed by atoms with Crippen LogP contribution in [0.5, 0.6) is 5.75 Å². The molecule has 2 aromatic rings. The average Bonchev–Trinajstić information content (AvgIpc) is 3.19. The Balaban J connectivity index is 1.20. The van der Waals surface area contributed by atoms with Crippen molar-refractivity contribution in [2.24, 2.45) is 0 Å². The van der Waals surface area contributed by atoms with E-state index in [2.05, 4.69) is 19.1 Å². The van der Waals surface area contributed by atoms with Gasteiger partial charge in [0.15, 0.2) is 0 Å². The number of hydrogen-bond acceptors (Lipinski definition) is 12. The molecule has 0 aliphatic rings. The number of carbonyl (C=O) groups excluding carboxylic acids is 2. The molecule has 0 amide bonds.